The number of rotatable bonds is 4. The standard InChI is InChI=1S/C20H19N3OS/c1-23(20(25)21-13-15-7-3-2-4-8-15)22-14-18-17-10-6-5-9-16(17)11-12-19(18)24/h2-12,14,24H,13H2,1H3,(H,21,25)/b22-14+. The molecule has 0 aliphatic rings. The minimum Gasteiger partial charge on any atom is -0.507 e. The Morgan fingerprint density at radius 1 is 1.08 bits per heavy atom. The van der Waals surface area contributed by atoms with E-state index in [4.69, 9.17) is 12.2 Å². The summed E-state index contributed by atoms with van der Waals surface area (Å²) in [7, 11) is 1.78. The van der Waals surface area contributed by atoms with Gasteiger partial charge in [-0.25, -0.2) is 5.01 Å². The van der Waals surface area contributed by atoms with E-state index in [1.165, 1.54) is 0 Å². The van der Waals surface area contributed by atoms with Crippen LogP contribution in [-0.4, -0.2) is 28.5 Å². The molecule has 0 atom stereocenters. The molecule has 0 unspecified atom stereocenters. The topological polar surface area (TPSA) is 47.9 Å². The predicted octanol–water partition coefficient (Wildman–Crippen LogP) is 3.89. The Hall–Kier alpha value is -2.92. The van der Waals surface area contributed by atoms with Crippen molar-refractivity contribution in [1.82, 2.24) is 10.3 Å². The Bertz CT molecular complexity index is 909. The van der Waals surface area contributed by atoms with E-state index in [1.807, 2.05) is 60.7 Å². The quantitative estimate of drug-likeness (QED) is 0.426. The average Bonchev–Trinajstić information content (AvgIpc) is 2.66. The molecule has 3 aromatic carbocycles. The van der Waals surface area contributed by atoms with Crippen LogP contribution in [0.4, 0.5) is 0 Å². The van der Waals surface area contributed by atoms with E-state index in [1.54, 1.807) is 24.3 Å². The number of hydrazone groups is 1. The van der Waals surface area contributed by atoms with E-state index in [0.717, 1.165) is 16.3 Å². The first-order valence-electron chi connectivity index (χ1n) is 7.95. The number of hydrogen-bond donors (Lipinski definition) is 2. The zero-order valence-corrected chi connectivity index (χ0v) is 14.7. The smallest absolute Gasteiger partial charge is 0.189 e. The average molecular weight is 349 g/mol. The van der Waals surface area contributed by atoms with Crippen molar-refractivity contribution in [2.45, 2.75) is 6.54 Å². The SMILES string of the molecule is CN(/N=C/c1c(O)ccc2ccccc12)C(=S)NCc1ccccc1. The van der Waals surface area contributed by atoms with Crippen LogP contribution in [0.1, 0.15) is 11.1 Å². The highest BCUT2D eigenvalue weighted by molar-refractivity contribution is 7.80. The summed E-state index contributed by atoms with van der Waals surface area (Å²) in [6.45, 7) is 0.638. The van der Waals surface area contributed by atoms with Crippen molar-refractivity contribution in [1.29, 1.82) is 0 Å². The van der Waals surface area contributed by atoms with E-state index in [2.05, 4.69) is 10.4 Å². The number of nitrogens with zero attached hydrogens (tertiary/aromatic N) is 2. The summed E-state index contributed by atoms with van der Waals surface area (Å²) in [5.41, 5.74) is 1.82. The van der Waals surface area contributed by atoms with Crippen LogP contribution in [0.25, 0.3) is 10.8 Å². The molecular weight excluding hydrogens is 330 g/mol. The summed E-state index contributed by atoms with van der Waals surface area (Å²) in [5, 5.41) is 21.8. The maximum atomic E-state index is 10.2. The molecule has 0 spiro atoms. The fourth-order valence-electron chi connectivity index (χ4n) is 2.50. The third-order valence-electron chi connectivity index (χ3n) is 3.89. The van der Waals surface area contributed by atoms with Gasteiger partial charge in [0.15, 0.2) is 5.11 Å². The van der Waals surface area contributed by atoms with Gasteiger partial charge in [-0.15, -0.1) is 0 Å². The number of thiocarbonyl (C=S) groups is 1. The van der Waals surface area contributed by atoms with Gasteiger partial charge in [0.1, 0.15) is 5.75 Å². The van der Waals surface area contributed by atoms with Crippen LogP contribution in [0.2, 0.25) is 0 Å². The van der Waals surface area contributed by atoms with Gasteiger partial charge in [-0.05, 0) is 34.6 Å². The molecule has 0 saturated carbocycles. The van der Waals surface area contributed by atoms with E-state index in [9.17, 15) is 5.11 Å². The van der Waals surface area contributed by atoms with Crippen LogP contribution in [-0.2, 0) is 6.54 Å². The van der Waals surface area contributed by atoms with Crippen molar-refractivity contribution >= 4 is 34.3 Å². The summed E-state index contributed by atoms with van der Waals surface area (Å²) < 4.78 is 0. The minimum absolute atomic E-state index is 0.194. The number of aromatic hydroxyl groups is 1. The number of phenolic OH excluding ortho intramolecular Hbond substituents is 1. The zero-order chi connectivity index (χ0) is 17.6. The molecule has 0 bridgehead atoms. The first kappa shape index (κ1) is 16.9. The normalized spacial score (nSPS) is 10.9. The minimum atomic E-state index is 0.194. The summed E-state index contributed by atoms with van der Waals surface area (Å²) in [4.78, 5) is 0. The van der Waals surface area contributed by atoms with Crippen molar-refractivity contribution in [2.75, 3.05) is 7.05 Å². The molecule has 126 valence electrons. The number of nitrogens with one attached hydrogen (secondary N) is 1. The molecule has 0 amide bonds. The maximum Gasteiger partial charge on any atom is 0.189 e. The second-order valence-corrected chi connectivity index (χ2v) is 6.02. The third-order valence-corrected chi connectivity index (χ3v) is 4.30. The van der Waals surface area contributed by atoms with Gasteiger partial charge in [-0.1, -0.05) is 60.7 Å². The number of phenols is 1. The molecule has 0 fully saturated rings. The summed E-state index contributed by atoms with van der Waals surface area (Å²) in [6, 6.07) is 21.5. The lowest BCUT2D eigenvalue weighted by atomic mass is 10.0. The lowest BCUT2D eigenvalue weighted by Crippen LogP contribution is -2.33. The first-order valence-corrected chi connectivity index (χ1v) is 8.36. The van der Waals surface area contributed by atoms with Crippen molar-refractivity contribution in [3.8, 4) is 5.75 Å². The van der Waals surface area contributed by atoms with Gasteiger partial charge >= 0.3 is 0 Å². The number of hydrogen-bond acceptors (Lipinski definition) is 3. The molecule has 3 rings (SSSR count). The molecule has 5 heteroatoms. The highest BCUT2D eigenvalue weighted by Crippen LogP contribution is 2.25. The monoisotopic (exact) mass is 349 g/mol. The van der Waals surface area contributed by atoms with Crippen LogP contribution in [0.3, 0.4) is 0 Å². The van der Waals surface area contributed by atoms with Crippen LogP contribution in [0, 0.1) is 0 Å². The number of benzene rings is 3. The molecule has 0 aliphatic heterocycles. The van der Waals surface area contributed by atoms with Crippen LogP contribution >= 0.6 is 12.2 Å². The van der Waals surface area contributed by atoms with E-state index < -0.39 is 0 Å². The second-order valence-electron chi connectivity index (χ2n) is 5.63. The Kier molecular flexibility index (Phi) is 5.26. The van der Waals surface area contributed by atoms with Crippen LogP contribution in [0.15, 0.2) is 71.8 Å². The summed E-state index contributed by atoms with van der Waals surface area (Å²) in [5.74, 6) is 0.194. The van der Waals surface area contributed by atoms with E-state index in [0.29, 0.717) is 17.2 Å². The van der Waals surface area contributed by atoms with Gasteiger partial charge in [0, 0.05) is 19.2 Å². The van der Waals surface area contributed by atoms with Gasteiger partial charge in [-0.3, -0.25) is 0 Å². The van der Waals surface area contributed by atoms with Crippen molar-refractivity contribution in [3.05, 3.63) is 77.9 Å². The van der Waals surface area contributed by atoms with Crippen LogP contribution < -0.4 is 5.32 Å². The van der Waals surface area contributed by atoms with Gasteiger partial charge in [0.25, 0.3) is 0 Å². The van der Waals surface area contributed by atoms with Gasteiger partial charge in [0.2, 0.25) is 0 Å². The third kappa shape index (κ3) is 4.14. The fourth-order valence-corrected chi connectivity index (χ4v) is 2.62. The fraction of sp³-hybridized carbons (Fsp3) is 0.100. The van der Waals surface area contributed by atoms with Gasteiger partial charge in [-0.2, -0.15) is 5.10 Å². The molecule has 2 N–H and O–H groups in total. The van der Waals surface area contributed by atoms with Crippen molar-refractivity contribution in [2.24, 2.45) is 5.10 Å². The molecule has 3 aromatic rings. The Balaban J connectivity index is 1.71. The maximum absolute atomic E-state index is 10.2. The van der Waals surface area contributed by atoms with Gasteiger partial charge < -0.3 is 10.4 Å². The predicted molar refractivity (Wildman–Crippen MR) is 107 cm³/mol. The Morgan fingerprint density at radius 2 is 1.80 bits per heavy atom. The van der Waals surface area contributed by atoms with E-state index in [-0.39, 0.29) is 5.75 Å². The number of fused-ring (bicyclic) bond motifs is 1. The molecule has 0 aromatic heterocycles. The van der Waals surface area contributed by atoms with E-state index >= 15 is 0 Å². The largest absolute Gasteiger partial charge is 0.507 e. The highest BCUT2D eigenvalue weighted by Gasteiger charge is 2.06. The molecule has 0 aliphatic carbocycles. The lowest BCUT2D eigenvalue weighted by Gasteiger charge is -2.16. The van der Waals surface area contributed by atoms with Crippen LogP contribution in [0.5, 0.6) is 5.75 Å². The summed E-state index contributed by atoms with van der Waals surface area (Å²) in [6.07, 6.45) is 1.63. The molecule has 0 radical (unpaired) electrons. The highest BCUT2D eigenvalue weighted by atomic mass is 32.1. The van der Waals surface area contributed by atoms with Crippen molar-refractivity contribution in [3.63, 3.8) is 0 Å². The zero-order valence-electron chi connectivity index (χ0n) is 13.9. The second kappa shape index (κ2) is 7.77. The molecule has 4 nitrogen and oxygen atoms in total. The molecule has 0 saturated heterocycles. The first-order chi connectivity index (χ1) is 12.1. The van der Waals surface area contributed by atoms with Crippen molar-refractivity contribution < 1.29 is 5.11 Å². The summed E-state index contributed by atoms with van der Waals surface area (Å²) >= 11 is 5.36. The van der Waals surface area contributed by atoms with Gasteiger partial charge in [0.05, 0.1) is 6.21 Å². The Labute approximate surface area is 152 Å². The lowest BCUT2D eigenvalue weighted by molar-refractivity contribution is 0.474. The molecule has 0 heterocycles. The molecular formula is C20H19N3OS. The molecule has 25 heavy (non-hydrogen) atoms. The Morgan fingerprint density at radius 3 is 2.60 bits per heavy atom.